The normalized spacial score (nSPS) is 10.2. The minimum Gasteiger partial charge on any atom is -0.246 e. The number of hydrogen-bond donors (Lipinski definition) is 0. The molecule has 4 heteroatoms. The van der Waals surface area contributed by atoms with Crippen molar-refractivity contribution in [3.05, 3.63) is 33.0 Å². The Morgan fingerprint density at radius 3 is 2.55 bits per heavy atom. The number of rotatable bonds is 1. The molecule has 0 heterocycles. The summed E-state index contributed by atoms with van der Waals surface area (Å²) < 4.78 is 25.4. The van der Waals surface area contributed by atoms with Gasteiger partial charge in [0.25, 0.3) is 0 Å². The van der Waals surface area contributed by atoms with Gasteiger partial charge in [0.05, 0.1) is 5.02 Å². The zero-order valence-corrected chi connectivity index (χ0v) is 7.72. The Bertz CT molecular complexity index is 275. The van der Waals surface area contributed by atoms with Crippen LogP contribution < -0.4 is 0 Å². The molecule has 0 spiro atoms. The first-order chi connectivity index (χ1) is 5.16. The minimum atomic E-state index is -0.854. The molecule has 0 saturated heterocycles. The molecule has 0 N–H and O–H groups in total. The van der Waals surface area contributed by atoms with Crippen molar-refractivity contribution in [1.29, 1.82) is 0 Å². The molecule has 0 fully saturated rings. The summed E-state index contributed by atoms with van der Waals surface area (Å²) in [5.74, 6) is -0.691. The Kier molecular flexibility index (Phi) is 2.84. The van der Waals surface area contributed by atoms with E-state index in [1.807, 2.05) is 0 Å². The largest absolute Gasteiger partial charge is 0.246 e. The molecule has 0 atom stereocenters. The van der Waals surface area contributed by atoms with Crippen molar-refractivity contribution >= 4 is 27.5 Å². The third-order valence-electron chi connectivity index (χ3n) is 1.27. The third kappa shape index (κ3) is 1.71. The maximum Gasteiger partial charge on any atom is 0.148 e. The van der Waals surface area contributed by atoms with Gasteiger partial charge in [0.1, 0.15) is 12.5 Å². The number of halogens is 4. The van der Waals surface area contributed by atoms with E-state index >= 15 is 0 Å². The molecule has 0 aliphatic rings. The van der Waals surface area contributed by atoms with Gasteiger partial charge in [-0.3, -0.25) is 0 Å². The molecule has 0 nitrogen and oxygen atoms in total. The Hall–Kier alpha value is -0.150. The van der Waals surface area contributed by atoms with Crippen molar-refractivity contribution in [2.45, 2.75) is 6.67 Å². The summed E-state index contributed by atoms with van der Waals surface area (Å²) in [7, 11) is 0. The molecule has 0 unspecified atom stereocenters. The van der Waals surface area contributed by atoms with Crippen LogP contribution in [0.5, 0.6) is 0 Å². The van der Waals surface area contributed by atoms with Crippen LogP contribution in [0.25, 0.3) is 0 Å². The first-order valence-corrected chi connectivity index (χ1v) is 4.02. The standard InChI is InChI=1S/C7H4BrClF2/c8-5-1-2-6(9)7(11)4(5)3-10/h1-2H,3H2. The fourth-order valence-corrected chi connectivity index (χ4v) is 1.28. The first-order valence-electron chi connectivity index (χ1n) is 2.85. The lowest BCUT2D eigenvalue weighted by Crippen LogP contribution is -1.89. The van der Waals surface area contributed by atoms with Crippen LogP contribution in [0, 0.1) is 5.82 Å². The third-order valence-corrected chi connectivity index (χ3v) is 2.31. The second-order valence-electron chi connectivity index (χ2n) is 1.96. The molecule has 0 saturated carbocycles. The van der Waals surface area contributed by atoms with Crippen molar-refractivity contribution in [1.82, 2.24) is 0 Å². The van der Waals surface area contributed by atoms with Crippen LogP contribution in [0.1, 0.15) is 5.56 Å². The molecule has 1 aromatic carbocycles. The van der Waals surface area contributed by atoms with Crippen molar-refractivity contribution in [3.8, 4) is 0 Å². The van der Waals surface area contributed by atoms with Crippen LogP contribution in [0.2, 0.25) is 5.02 Å². The van der Waals surface area contributed by atoms with E-state index in [9.17, 15) is 8.78 Å². The molecule has 11 heavy (non-hydrogen) atoms. The Balaban J connectivity index is 3.29. The van der Waals surface area contributed by atoms with Crippen LogP contribution in [-0.4, -0.2) is 0 Å². The molecular weight excluding hydrogens is 237 g/mol. The lowest BCUT2D eigenvalue weighted by Gasteiger charge is -2.01. The highest BCUT2D eigenvalue weighted by molar-refractivity contribution is 9.10. The molecule has 1 aromatic rings. The van der Waals surface area contributed by atoms with E-state index in [-0.39, 0.29) is 10.6 Å². The Morgan fingerprint density at radius 2 is 2.09 bits per heavy atom. The molecule has 0 aromatic heterocycles. The average molecular weight is 241 g/mol. The van der Waals surface area contributed by atoms with E-state index in [0.29, 0.717) is 4.47 Å². The molecule has 0 amide bonds. The average Bonchev–Trinajstić information content (AvgIpc) is 1.99. The lowest BCUT2D eigenvalue weighted by molar-refractivity contribution is 0.462. The summed E-state index contributed by atoms with van der Waals surface area (Å²) in [6.07, 6.45) is 0. The van der Waals surface area contributed by atoms with E-state index in [2.05, 4.69) is 15.9 Å². The van der Waals surface area contributed by atoms with Crippen molar-refractivity contribution < 1.29 is 8.78 Å². The Labute approximate surface area is 76.3 Å². The van der Waals surface area contributed by atoms with Gasteiger partial charge in [0, 0.05) is 10.0 Å². The van der Waals surface area contributed by atoms with Crippen molar-refractivity contribution in [2.75, 3.05) is 0 Å². The van der Waals surface area contributed by atoms with Gasteiger partial charge in [0.15, 0.2) is 0 Å². The van der Waals surface area contributed by atoms with Gasteiger partial charge in [-0.15, -0.1) is 0 Å². The van der Waals surface area contributed by atoms with Gasteiger partial charge in [-0.05, 0) is 12.1 Å². The summed E-state index contributed by atoms with van der Waals surface area (Å²) in [6, 6.07) is 2.89. The molecule has 0 aliphatic carbocycles. The number of hydrogen-bond acceptors (Lipinski definition) is 0. The highest BCUT2D eigenvalue weighted by Gasteiger charge is 2.09. The van der Waals surface area contributed by atoms with E-state index in [1.165, 1.54) is 12.1 Å². The molecule has 0 aliphatic heterocycles. The van der Waals surface area contributed by atoms with Crippen LogP contribution >= 0.6 is 27.5 Å². The number of benzene rings is 1. The van der Waals surface area contributed by atoms with E-state index in [4.69, 9.17) is 11.6 Å². The van der Waals surface area contributed by atoms with Crippen LogP contribution in [-0.2, 0) is 6.67 Å². The topological polar surface area (TPSA) is 0 Å². The molecular formula is C7H4BrClF2. The SMILES string of the molecule is FCc1c(Br)ccc(Cl)c1F. The van der Waals surface area contributed by atoms with Crippen LogP contribution in [0.4, 0.5) is 8.78 Å². The van der Waals surface area contributed by atoms with Gasteiger partial charge in [-0.25, -0.2) is 8.78 Å². The second-order valence-corrected chi connectivity index (χ2v) is 3.22. The van der Waals surface area contributed by atoms with Gasteiger partial charge in [-0.1, -0.05) is 27.5 Å². The smallest absolute Gasteiger partial charge is 0.148 e. The quantitative estimate of drug-likeness (QED) is 0.658. The van der Waals surface area contributed by atoms with E-state index in [1.54, 1.807) is 0 Å². The highest BCUT2D eigenvalue weighted by Crippen LogP contribution is 2.26. The van der Waals surface area contributed by atoms with Gasteiger partial charge >= 0.3 is 0 Å². The lowest BCUT2D eigenvalue weighted by atomic mass is 10.2. The summed E-state index contributed by atoms with van der Waals surface area (Å²) in [4.78, 5) is 0. The monoisotopic (exact) mass is 240 g/mol. The molecule has 0 radical (unpaired) electrons. The molecule has 0 bridgehead atoms. The maximum absolute atomic E-state index is 12.9. The van der Waals surface area contributed by atoms with Crippen LogP contribution in [0.15, 0.2) is 16.6 Å². The Morgan fingerprint density at radius 1 is 1.45 bits per heavy atom. The minimum absolute atomic E-state index is 0.0301. The summed E-state index contributed by atoms with van der Waals surface area (Å²) in [5.41, 5.74) is -0.0301. The predicted molar refractivity (Wildman–Crippen MR) is 43.9 cm³/mol. The predicted octanol–water partition coefficient (Wildman–Crippen LogP) is 3.71. The molecule has 1 rings (SSSR count). The maximum atomic E-state index is 12.9. The van der Waals surface area contributed by atoms with E-state index in [0.717, 1.165) is 0 Å². The van der Waals surface area contributed by atoms with Crippen molar-refractivity contribution in [2.24, 2.45) is 0 Å². The summed E-state index contributed by atoms with van der Waals surface area (Å²) >= 11 is 8.40. The van der Waals surface area contributed by atoms with Crippen molar-refractivity contribution in [3.63, 3.8) is 0 Å². The van der Waals surface area contributed by atoms with Gasteiger partial charge < -0.3 is 0 Å². The number of alkyl halides is 1. The van der Waals surface area contributed by atoms with Crippen LogP contribution in [0.3, 0.4) is 0 Å². The van der Waals surface area contributed by atoms with Gasteiger partial charge in [0.2, 0.25) is 0 Å². The second kappa shape index (κ2) is 3.50. The summed E-state index contributed by atoms with van der Waals surface area (Å²) in [6.45, 7) is -0.854. The highest BCUT2D eigenvalue weighted by atomic mass is 79.9. The zero-order chi connectivity index (χ0) is 8.43. The fraction of sp³-hybridized carbons (Fsp3) is 0.143. The van der Waals surface area contributed by atoms with E-state index < -0.39 is 12.5 Å². The zero-order valence-electron chi connectivity index (χ0n) is 5.37. The first kappa shape index (κ1) is 8.94. The molecule has 60 valence electrons. The fourth-order valence-electron chi connectivity index (χ4n) is 0.692. The van der Waals surface area contributed by atoms with Gasteiger partial charge in [-0.2, -0.15) is 0 Å². The summed E-state index contributed by atoms with van der Waals surface area (Å²) in [5, 5.41) is -0.0548.